The van der Waals surface area contributed by atoms with E-state index in [1.807, 2.05) is 17.5 Å². The standard InChI is InChI=1S/C22H14O6S/c23-12-5-3-11(4-6-12)14-10-27-22-19-13(17-2-1-7-29-17)8-18(25)28-16(19)9-15(24)20(22)21(14)26/h1-7,9-10,13,23-24H,8H2. The summed E-state index contributed by atoms with van der Waals surface area (Å²) in [4.78, 5) is 26.2. The summed E-state index contributed by atoms with van der Waals surface area (Å²) in [6.07, 6.45) is 1.45. The predicted molar refractivity (Wildman–Crippen MR) is 108 cm³/mol. The lowest BCUT2D eigenvalue weighted by atomic mass is 9.89. The van der Waals surface area contributed by atoms with E-state index in [4.69, 9.17) is 9.15 Å². The van der Waals surface area contributed by atoms with Crippen molar-refractivity contribution in [1.82, 2.24) is 0 Å². The second-order valence-corrected chi connectivity index (χ2v) is 7.76. The van der Waals surface area contributed by atoms with Crippen molar-refractivity contribution in [2.45, 2.75) is 12.3 Å². The first kappa shape index (κ1) is 17.5. The zero-order chi connectivity index (χ0) is 20.1. The molecule has 0 radical (unpaired) electrons. The number of carbonyl (C=O) groups is 1. The summed E-state index contributed by atoms with van der Waals surface area (Å²) in [6.45, 7) is 0. The van der Waals surface area contributed by atoms with Gasteiger partial charge in [-0.2, -0.15) is 0 Å². The molecule has 2 aromatic carbocycles. The molecule has 4 aromatic rings. The van der Waals surface area contributed by atoms with Crippen LogP contribution in [0.5, 0.6) is 17.2 Å². The van der Waals surface area contributed by atoms with Crippen LogP contribution in [-0.4, -0.2) is 16.2 Å². The van der Waals surface area contributed by atoms with E-state index >= 15 is 0 Å². The van der Waals surface area contributed by atoms with Crippen LogP contribution in [0.25, 0.3) is 22.1 Å². The van der Waals surface area contributed by atoms with Crippen LogP contribution in [0.15, 0.2) is 63.3 Å². The first-order chi connectivity index (χ1) is 14.0. The minimum atomic E-state index is -0.405. The summed E-state index contributed by atoms with van der Waals surface area (Å²) in [5, 5.41) is 22.0. The largest absolute Gasteiger partial charge is 0.508 e. The van der Waals surface area contributed by atoms with Crippen molar-refractivity contribution in [3.63, 3.8) is 0 Å². The van der Waals surface area contributed by atoms with Crippen molar-refractivity contribution in [3.05, 3.63) is 74.8 Å². The van der Waals surface area contributed by atoms with E-state index in [9.17, 15) is 19.8 Å². The topological polar surface area (TPSA) is 97.0 Å². The van der Waals surface area contributed by atoms with E-state index in [1.54, 1.807) is 12.1 Å². The lowest BCUT2D eigenvalue weighted by Gasteiger charge is -2.24. The third-order valence-electron chi connectivity index (χ3n) is 5.04. The number of hydrogen-bond acceptors (Lipinski definition) is 7. The normalized spacial score (nSPS) is 15.9. The molecule has 7 heteroatoms. The van der Waals surface area contributed by atoms with Crippen LogP contribution in [0, 0.1) is 0 Å². The molecule has 0 fully saturated rings. The zero-order valence-corrected chi connectivity index (χ0v) is 15.7. The number of phenols is 2. The number of thiophene rings is 1. The van der Waals surface area contributed by atoms with E-state index < -0.39 is 11.4 Å². The molecule has 2 N–H and O–H groups in total. The van der Waals surface area contributed by atoms with Gasteiger partial charge in [-0.15, -0.1) is 11.3 Å². The molecule has 1 unspecified atom stereocenters. The van der Waals surface area contributed by atoms with Crippen LogP contribution < -0.4 is 10.2 Å². The Morgan fingerprint density at radius 3 is 2.59 bits per heavy atom. The van der Waals surface area contributed by atoms with Crippen molar-refractivity contribution in [1.29, 1.82) is 0 Å². The lowest BCUT2D eigenvalue weighted by molar-refractivity contribution is -0.135. The molecule has 3 heterocycles. The van der Waals surface area contributed by atoms with Gasteiger partial charge in [0.05, 0.1) is 12.0 Å². The number of hydrogen-bond donors (Lipinski definition) is 2. The van der Waals surface area contributed by atoms with Crippen LogP contribution >= 0.6 is 11.3 Å². The summed E-state index contributed by atoms with van der Waals surface area (Å²) in [7, 11) is 0. The van der Waals surface area contributed by atoms with Crippen molar-refractivity contribution < 1.29 is 24.2 Å². The van der Waals surface area contributed by atoms with Crippen LogP contribution in [0.2, 0.25) is 0 Å². The highest BCUT2D eigenvalue weighted by Gasteiger charge is 2.34. The zero-order valence-electron chi connectivity index (χ0n) is 14.9. The minimum absolute atomic E-state index is 0.0360. The van der Waals surface area contributed by atoms with Gasteiger partial charge < -0.3 is 19.4 Å². The van der Waals surface area contributed by atoms with Gasteiger partial charge in [-0.05, 0) is 29.1 Å². The van der Waals surface area contributed by atoms with Gasteiger partial charge in [0.2, 0.25) is 5.43 Å². The molecule has 0 spiro atoms. The Morgan fingerprint density at radius 2 is 1.86 bits per heavy atom. The number of aromatic hydroxyl groups is 2. The molecule has 1 aliphatic rings. The number of carbonyl (C=O) groups excluding carboxylic acids is 1. The number of ether oxygens (including phenoxy) is 1. The highest BCUT2D eigenvalue weighted by Crippen LogP contribution is 2.46. The first-order valence-corrected chi connectivity index (χ1v) is 9.75. The molecule has 0 bridgehead atoms. The monoisotopic (exact) mass is 406 g/mol. The van der Waals surface area contributed by atoms with Crippen molar-refractivity contribution in [3.8, 4) is 28.4 Å². The fourth-order valence-electron chi connectivity index (χ4n) is 3.70. The van der Waals surface area contributed by atoms with Crippen molar-refractivity contribution in [2.75, 3.05) is 0 Å². The van der Waals surface area contributed by atoms with Gasteiger partial charge in [0.25, 0.3) is 0 Å². The number of fused-ring (bicyclic) bond motifs is 3. The molecule has 5 rings (SSSR count). The second-order valence-electron chi connectivity index (χ2n) is 6.78. The first-order valence-electron chi connectivity index (χ1n) is 8.88. The van der Waals surface area contributed by atoms with Crippen LogP contribution in [0.1, 0.15) is 22.8 Å². The predicted octanol–water partition coefficient (Wildman–Crippen LogP) is 4.37. The van der Waals surface area contributed by atoms with Gasteiger partial charge in [-0.3, -0.25) is 9.59 Å². The smallest absolute Gasteiger partial charge is 0.312 e. The quantitative estimate of drug-likeness (QED) is 0.379. The van der Waals surface area contributed by atoms with Gasteiger partial charge in [0, 0.05) is 22.4 Å². The van der Waals surface area contributed by atoms with Gasteiger partial charge in [-0.25, -0.2) is 0 Å². The Morgan fingerprint density at radius 1 is 1.07 bits per heavy atom. The number of phenolic OH excluding ortho intramolecular Hbond substituents is 2. The Hall–Kier alpha value is -3.58. The third-order valence-corrected chi connectivity index (χ3v) is 6.02. The Balaban J connectivity index is 1.79. The minimum Gasteiger partial charge on any atom is -0.508 e. The highest BCUT2D eigenvalue weighted by molar-refractivity contribution is 7.10. The lowest BCUT2D eigenvalue weighted by Crippen LogP contribution is -2.21. The summed E-state index contributed by atoms with van der Waals surface area (Å²) >= 11 is 1.50. The Labute approximate surface area is 168 Å². The van der Waals surface area contributed by atoms with Crippen LogP contribution in [-0.2, 0) is 4.79 Å². The van der Waals surface area contributed by atoms with E-state index in [2.05, 4.69) is 0 Å². The molecule has 0 aliphatic carbocycles. The SMILES string of the molecule is O=C1CC(c2cccs2)c2c(cc(O)c3c(=O)c(-c4ccc(O)cc4)coc23)O1. The maximum absolute atomic E-state index is 13.2. The van der Waals surface area contributed by atoms with E-state index in [1.165, 1.54) is 35.8 Å². The van der Waals surface area contributed by atoms with Crippen molar-refractivity contribution in [2.24, 2.45) is 0 Å². The average Bonchev–Trinajstić information content (AvgIpc) is 3.23. The van der Waals surface area contributed by atoms with Gasteiger partial charge in [0.1, 0.15) is 34.5 Å². The van der Waals surface area contributed by atoms with Crippen molar-refractivity contribution >= 4 is 28.3 Å². The highest BCUT2D eigenvalue weighted by atomic mass is 32.1. The average molecular weight is 406 g/mol. The molecule has 144 valence electrons. The van der Waals surface area contributed by atoms with E-state index in [-0.39, 0.29) is 46.1 Å². The number of rotatable bonds is 2. The number of benzene rings is 2. The van der Waals surface area contributed by atoms with E-state index in [0.29, 0.717) is 11.1 Å². The summed E-state index contributed by atoms with van der Waals surface area (Å²) in [5.74, 6) is -0.760. The fourth-order valence-corrected chi connectivity index (χ4v) is 4.54. The summed E-state index contributed by atoms with van der Waals surface area (Å²) < 4.78 is 11.2. The second kappa shape index (κ2) is 6.49. The molecular formula is C22H14O6S. The Bertz CT molecular complexity index is 1300. The van der Waals surface area contributed by atoms with Gasteiger partial charge in [-0.1, -0.05) is 18.2 Å². The summed E-state index contributed by atoms with van der Waals surface area (Å²) in [6, 6.07) is 11.2. The number of esters is 1. The maximum atomic E-state index is 13.2. The molecular weight excluding hydrogens is 392 g/mol. The molecule has 29 heavy (non-hydrogen) atoms. The van der Waals surface area contributed by atoms with E-state index in [0.717, 1.165) is 4.88 Å². The molecule has 0 saturated carbocycles. The summed E-state index contributed by atoms with van der Waals surface area (Å²) in [5.41, 5.74) is 1.19. The molecule has 6 nitrogen and oxygen atoms in total. The Kier molecular flexibility index (Phi) is 3.92. The van der Waals surface area contributed by atoms with Crippen LogP contribution in [0.4, 0.5) is 0 Å². The van der Waals surface area contributed by atoms with Gasteiger partial charge >= 0.3 is 5.97 Å². The van der Waals surface area contributed by atoms with Crippen LogP contribution in [0.3, 0.4) is 0 Å². The molecule has 0 saturated heterocycles. The maximum Gasteiger partial charge on any atom is 0.312 e. The third kappa shape index (κ3) is 2.78. The molecule has 1 aliphatic heterocycles. The molecule has 1 atom stereocenters. The molecule has 2 aromatic heterocycles. The fraction of sp³-hybridized carbons (Fsp3) is 0.0909. The molecule has 0 amide bonds. The van der Waals surface area contributed by atoms with Gasteiger partial charge in [0.15, 0.2) is 0 Å².